The van der Waals surface area contributed by atoms with Crippen LogP contribution in [0.25, 0.3) is 0 Å². The van der Waals surface area contributed by atoms with Crippen molar-refractivity contribution in [2.24, 2.45) is 0 Å². The molecule has 0 aliphatic carbocycles. The van der Waals surface area contributed by atoms with Crippen LogP contribution in [-0.2, 0) is 11.2 Å². The Labute approximate surface area is 98.2 Å². The number of hydrogen-bond donors (Lipinski definition) is 1. The maximum Gasteiger partial charge on any atom is 0.224 e. The van der Waals surface area contributed by atoms with Gasteiger partial charge in [0, 0.05) is 11.0 Å². The predicted molar refractivity (Wildman–Crippen MR) is 66.7 cm³/mol. The van der Waals surface area contributed by atoms with Crippen LogP contribution in [0.4, 0.5) is 0 Å². The molecule has 14 heavy (non-hydrogen) atoms. The Bertz CT molecular complexity index is 274. The van der Waals surface area contributed by atoms with E-state index >= 15 is 0 Å². The number of halogens is 1. The molecule has 76 valence electrons. The molecule has 0 aliphatic rings. The zero-order valence-corrected chi connectivity index (χ0v) is 10.2. The van der Waals surface area contributed by atoms with E-state index in [4.69, 9.17) is 0 Å². The molecule has 0 bridgehead atoms. The lowest BCUT2D eigenvalue weighted by molar-refractivity contribution is -0.120. The molecular weight excluding hydrogens is 289 g/mol. The Morgan fingerprint density at radius 2 is 2.00 bits per heavy atom. The van der Waals surface area contributed by atoms with E-state index in [-0.39, 0.29) is 5.91 Å². The van der Waals surface area contributed by atoms with Crippen LogP contribution in [-0.4, -0.2) is 16.9 Å². The van der Waals surface area contributed by atoms with Crippen molar-refractivity contribution in [2.75, 3.05) is 11.0 Å². The molecule has 0 unspecified atom stereocenters. The first-order valence-electron chi connectivity index (χ1n) is 4.69. The molecule has 0 atom stereocenters. The first kappa shape index (κ1) is 11.5. The fourth-order valence-electron chi connectivity index (χ4n) is 1.14. The first-order chi connectivity index (χ1) is 6.83. The average Bonchev–Trinajstić information content (AvgIpc) is 2.20. The summed E-state index contributed by atoms with van der Waals surface area (Å²) in [5, 5.41) is 2.89. The quantitative estimate of drug-likeness (QED) is 0.504. The third-order valence-electron chi connectivity index (χ3n) is 1.84. The van der Waals surface area contributed by atoms with Gasteiger partial charge >= 0.3 is 0 Å². The van der Waals surface area contributed by atoms with Crippen LogP contribution in [0.5, 0.6) is 0 Å². The predicted octanol–water partition coefficient (Wildman–Crippen LogP) is 2.17. The van der Waals surface area contributed by atoms with Crippen molar-refractivity contribution in [3.05, 3.63) is 35.9 Å². The maximum atomic E-state index is 11.4. The SMILES string of the molecule is O=C(Cc1ccccc1)NCCCI. The number of benzene rings is 1. The molecule has 0 radical (unpaired) electrons. The monoisotopic (exact) mass is 303 g/mol. The van der Waals surface area contributed by atoms with Crippen LogP contribution in [0.1, 0.15) is 12.0 Å². The zero-order chi connectivity index (χ0) is 10.2. The molecule has 1 N–H and O–H groups in total. The molecule has 0 spiro atoms. The summed E-state index contributed by atoms with van der Waals surface area (Å²) in [4.78, 5) is 11.4. The zero-order valence-electron chi connectivity index (χ0n) is 8.00. The highest BCUT2D eigenvalue weighted by molar-refractivity contribution is 14.1. The van der Waals surface area contributed by atoms with E-state index in [9.17, 15) is 4.79 Å². The van der Waals surface area contributed by atoms with Crippen LogP contribution >= 0.6 is 22.6 Å². The van der Waals surface area contributed by atoms with Gasteiger partial charge < -0.3 is 5.32 Å². The van der Waals surface area contributed by atoms with E-state index in [0.29, 0.717) is 6.42 Å². The summed E-state index contributed by atoms with van der Waals surface area (Å²) in [6.45, 7) is 0.786. The van der Waals surface area contributed by atoms with Crippen LogP contribution in [0, 0.1) is 0 Å². The Hall–Kier alpha value is -0.580. The summed E-state index contributed by atoms with van der Waals surface area (Å²) in [6.07, 6.45) is 1.53. The number of rotatable bonds is 5. The van der Waals surface area contributed by atoms with Gasteiger partial charge in [0.25, 0.3) is 0 Å². The van der Waals surface area contributed by atoms with Gasteiger partial charge in [-0.2, -0.15) is 0 Å². The van der Waals surface area contributed by atoms with Crippen molar-refractivity contribution < 1.29 is 4.79 Å². The molecule has 1 amide bonds. The molecule has 0 aromatic heterocycles. The number of amides is 1. The molecule has 1 rings (SSSR count). The fourth-order valence-corrected chi connectivity index (χ4v) is 1.52. The van der Waals surface area contributed by atoms with E-state index in [1.807, 2.05) is 30.3 Å². The second-order valence-electron chi connectivity index (χ2n) is 3.05. The van der Waals surface area contributed by atoms with Gasteiger partial charge in [0.2, 0.25) is 5.91 Å². The van der Waals surface area contributed by atoms with Crippen LogP contribution < -0.4 is 5.32 Å². The van der Waals surface area contributed by atoms with Crippen molar-refractivity contribution in [3.8, 4) is 0 Å². The van der Waals surface area contributed by atoms with Gasteiger partial charge in [-0.25, -0.2) is 0 Å². The number of carbonyl (C=O) groups is 1. The summed E-state index contributed by atoms with van der Waals surface area (Å²) >= 11 is 2.31. The van der Waals surface area contributed by atoms with E-state index in [1.165, 1.54) is 0 Å². The molecule has 0 saturated carbocycles. The highest BCUT2D eigenvalue weighted by atomic mass is 127. The van der Waals surface area contributed by atoms with E-state index in [0.717, 1.165) is 23.0 Å². The second kappa shape index (κ2) is 6.81. The second-order valence-corrected chi connectivity index (χ2v) is 4.13. The lowest BCUT2D eigenvalue weighted by atomic mass is 10.1. The number of hydrogen-bond acceptors (Lipinski definition) is 1. The van der Waals surface area contributed by atoms with Crippen molar-refractivity contribution in [2.45, 2.75) is 12.8 Å². The molecule has 0 fully saturated rings. The van der Waals surface area contributed by atoms with Gasteiger partial charge in [-0.1, -0.05) is 52.9 Å². The lowest BCUT2D eigenvalue weighted by Crippen LogP contribution is -2.26. The Morgan fingerprint density at radius 1 is 1.29 bits per heavy atom. The van der Waals surface area contributed by atoms with Gasteiger partial charge in [0.15, 0.2) is 0 Å². The van der Waals surface area contributed by atoms with Crippen molar-refractivity contribution in [1.82, 2.24) is 5.32 Å². The summed E-state index contributed by atoms with van der Waals surface area (Å²) < 4.78 is 1.09. The fraction of sp³-hybridized carbons (Fsp3) is 0.364. The normalized spacial score (nSPS) is 9.79. The molecule has 1 aromatic rings. The highest BCUT2D eigenvalue weighted by Crippen LogP contribution is 1.99. The third-order valence-corrected chi connectivity index (χ3v) is 2.60. The Kier molecular flexibility index (Phi) is 5.59. The number of carbonyl (C=O) groups excluding carboxylic acids is 1. The topological polar surface area (TPSA) is 29.1 Å². The Balaban J connectivity index is 2.27. The number of alkyl halides is 1. The van der Waals surface area contributed by atoms with Gasteiger partial charge in [-0.05, 0) is 12.0 Å². The van der Waals surface area contributed by atoms with Gasteiger partial charge in [0.1, 0.15) is 0 Å². The largest absolute Gasteiger partial charge is 0.356 e. The molecule has 0 aliphatic heterocycles. The third kappa shape index (κ3) is 4.60. The minimum atomic E-state index is 0.112. The smallest absolute Gasteiger partial charge is 0.224 e. The van der Waals surface area contributed by atoms with E-state index in [1.54, 1.807) is 0 Å². The summed E-state index contributed by atoms with van der Waals surface area (Å²) in [7, 11) is 0. The maximum absolute atomic E-state index is 11.4. The van der Waals surface area contributed by atoms with Crippen LogP contribution in [0.2, 0.25) is 0 Å². The van der Waals surface area contributed by atoms with Crippen LogP contribution in [0.3, 0.4) is 0 Å². The van der Waals surface area contributed by atoms with E-state index < -0.39 is 0 Å². The van der Waals surface area contributed by atoms with Gasteiger partial charge in [-0.15, -0.1) is 0 Å². The molecule has 0 saturated heterocycles. The Morgan fingerprint density at radius 3 is 2.64 bits per heavy atom. The molecule has 3 heteroatoms. The van der Waals surface area contributed by atoms with E-state index in [2.05, 4.69) is 27.9 Å². The number of nitrogens with one attached hydrogen (secondary N) is 1. The van der Waals surface area contributed by atoms with Crippen molar-refractivity contribution >= 4 is 28.5 Å². The van der Waals surface area contributed by atoms with Crippen molar-refractivity contribution in [3.63, 3.8) is 0 Å². The minimum absolute atomic E-state index is 0.112. The molecule has 2 nitrogen and oxygen atoms in total. The highest BCUT2D eigenvalue weighted by Gasteiger charge is 2.00. The summed E-state index contributed by atoms with van der Waals surface area (Å²) in [6, 6.07) is 9.80. The average molecular weight is 303 g/mol. The first-order valence-corrected chi connectivity index (χ1v) is 6.22. The molecular formula is C11H14INO. The lowest BCUT2D eigenvalue weighted by Gasteiger charge is -2.03. The van der Waals surface area contributed by atoms with Crippen LogP contribution in [0.15, 0.2) is 30.3 Å². The standard InChI is InChI=1S/C11H14INO/c12-7-4-8-13-11(14)9-10-5-2-1-3-6-10/h1-3,5-6H,4,7-9H2,(H,13,14). The van der Waals surface area contributed by atoms with Crippen molar-refractivity contribution in [1.29, 1.82) is 0 Å². The molecule has 0 heterocycles. The van der Waals surface area contributed by atoms with Gasteiger partial charge in [-0.3, -0.25) is 4.79 Å². The minimum Gasteiger partial charge on any atom is -0.356 e. The summed E-state index contributed by atoms with van der Waals surface area (Å²) in [5.74, 6) is 0.112. The molecule has 1 aromatic carbocycles. The summed E-state index contributed by atoms with van der Waals surface area (Å²) in [5.41, 5.74) is 1.07. The van der Waals surface area contributed by atoms with Gasteiger partial charge in [0.05, 0.1) is 6.42 Å².